The summed E-state index contributed by atoms with van der Waals surface area (Å²) in [5.41, 5.74) is 1.07. The molecule has 0 aliphatic carbocycles. The summed E-state index contributed by atoms with van der Waals surface area (Å²) in [7, 11) is 0. The van der Waals surface area contributed by atoms with Crippen molar-refractivity contribution in [2.45, 2.75) is 26.7 Å². The maximum Gasteiger partial charge on any atom is 0.138 e. The van der Waals surface area contributed by atoms with Crippen LogP contribution in [0.1, 0.15) is 32.4 Å². The van der Waals surface area contributed by atoms with Gasteiger partial charge < -0.3 is 4.74 Å². The highest BCUT2D eigenvalue weighted by Gasteiger charge is 2.06. The molecule has 0 aliphatic heterocycles. The number of halogens is 1. The monoisotopic (exact) mass is 243 g/mol. The van der Waals surface area contributed by atoms with Gasteiger partial charge in [-0.3, -0.25) is 4.98 Å². The van der Waals surface area contributed by atoms with Crippen LogP contribution in [0.25, 0.3) is 0 Å². The number of hydrogen-bond acceptors (Lipinski definition) is 2. The van der Waals surface area contributed by atoms with Crippen LogP contribution in [0.2, 0.25) is 0 Å². The number of rotatable bonds is 3. The topological polar surface area (TPSA) is 22.1 Å². The van der Waals surface area contributed by atoms with E-state index >= 15 is 0 Å². The van der Waals surface area contributed by atoms with E-state index in [-0.39, 0.29) is 0 Å². The normalized spacial score (nSPS) is 10.5. The summed E-state index contributed by atoms with van der Waals surface area (Å²) in [6.07, 6.45) is 1.77. The molecule has 1 aromatic rings. The first kappa shape index (κ1) is 10.5. The van der Waals surface area contributed by atoms with E-state index < -0.39 is 0 Å². The molecule has 0 N–H and O–H groups in total. The first-order chi connectivity index (χ1) is 6.15. The fourth-order valence-electron chi connectivity index (χ4n) is 1.10. The molecule has 2 nitrogen and oxygen atoms in total. The van der Waals surface area contributed by atoms with Crippen molar-refractivity contribution in [1.82, 2.24) is 4.98 Å². The molecule has 0 bridgehead atoms. The standard InChI is InChI=1S/C10H14BrNO/c1-4-13-8-5-9(11)10(7(2)3)12-6-8/h5-7H,4H2,1-3H3. The van der Waals surface area contributed by atoms with Crippen LogP contribution in [-0.4, -0.2) is 11.6 Å². The second-order valence-electron chi connectivity index (χ2n) is 3.13. The molecule has 1 heterocycles. The highest BCUT2D eigenvalue weighted by Crippen LogP contribution is 2.25. The quantitative estimate of drug-likeness (QED) is 0.813. The Morgan fingerprint density at radius 2 is 2.23 bits per heavy atom. The van der Waals surface area contributed by atoms with E-state index in [1.165, 1.54) is 0 Å². The molecular formula is C10H14BrNO. The Morgan fingerprint density at radius 1 is 1.54 bits per heavy atom. The Labute approximate surface area is 87.5 Å². The van der Waals surface area contributed by atoms with Gasteiger partial charge in [0, 0.05) is 4.47 Å². The van der Waals surface area contributed by atoms with E-state index in [4.69, 9.17) is 4.74 Å². The molecular weight excluding hydrogens is 230 g/mol. The van der Waals surface area contributed by atoms with Crippen molar-refractivity contribution in [3.8, 4) is 5.75 Å². The third-order valence-corrected chi connectivity index (χ3v) is 2.34. The summed E-state index contributed by atoms with van der Waals surface area (Å²) in [6.45, 7) is 6.88. The summed E-state index contributed by atoms with van der Waals surface area (Å²) in [4.78, 5) is 4.32. The summed E-state index contributed by atoms with van der Waals surface area (Å²) in [5.74, 6) is 1.25. The third kappa shape index (κ3) is 2.69. The van der Waals surface area contributed by atoms with Gasteiger partial charge in [0.2, 0.25) is 0 Å². The van der Waals surface area contributed by atoms with Crippen molar-refractivity contribution in [2.24, 2.45) is 0 Å². The van der Waals surface area contributed by atoms with Gasteiger partial charge in [-0.1, -0.05) is 13.8 Å². The molecule has 0 fully saturated rings. The van der Waals surface area contributed by atoms with E-state index in [0.717, 1.165) is 15.9 Å². The fourth-order valence-corrected chi connectivity index (χ4v) is 1.89. The maximum absolute atomic E-state index is 5.33. The van der Waals surface area contributed by atoms with Crippen LogP contribution in [0.4, 0.5) is 0 Å². The van der Waals surface area contributed by atoms with Crippen molar-refractivity contribution in [3.05, 3.63) is 22.4 Å². The average molecular weight is 244 g/mol. The highest BCUT2D eigenvalue weighted by molar-refractivity contribution is 9.10. The minimum Gasteiger partial charge on any atom is -0.492 e. The molecule has 13 heavy (non-hydrogen) atoms. The largest absolute Gasteiger partial charge is 0.492 e. The molecule has 0 amide bonds. The molecule has 0 radical (unpaired) electrons. The number of ether oxygens (including phenoxy) is 1. The zero-order valence-corrected chi connectivity index (χ0v) is 9.76. The van der Waals surface area contributed by atoms with Crippen LogP contribution in [0.3, 0.4) is 0 Å². The van der Waals surface area contributed by atoms with Gasteiger partial charge in [0.25, 0.3) is 0 Å². The van der Waals surface area contributed by atoms with Gasteiger partial charge in [0.15, 0.2) is 0 Å². The molecule has 0 saturated heterocycles. The number of aromatic nitrogens is 1. The van der Waals surface area contributed by atoms with Gasteiger partial charge in [-0.15, -0.1) is 0 Å². The van der Waals surface area contributed by atoms with Gasteiger partial charge in [0.1, 0.15) is 5.75 Å². The summed E-state index contributed by atoms with van der Waals surface area (Å²) in [5, 5.41) is 0. The molecule has 0 spiro atoms. The number of hydrogen-bond donors (Lipinski definition) is 0. The van der Waals surface area contributed by atoms with E-state index in [0.29, 0.717) is 12.5 Å². The molecule has 0 aromatic carbocycles. The van der Waals surface area contributed by atoms with Crippen molar-refractivity contribution < 1.29 is 4.74 Å². The van der Waals surface area contributed by atoms with Crippen LogP contribution in [0.15, 0.2) is 16.7 Å². The van der Waals surface area contributed by atoms with Crippen molar-refractivity contribution >= 4 is 15.9 Å². The van der Waals surface area contributed by atoms with Gasteiger partial charge in [-0.25, -0.2) is 0 Å². The zero-order valence-electron chi connectivity index (χ0n) is 8.17. The lowest BCUT2D eigenvalue weighted by molar-refractivity contribution is 0.338. The van der Waals surface area contributed by atoms with Crippen LogP contribution in [0.5, 0.6) is 5.75 Å². The Bertz CT molecular complexity index is 286. The highest BCUT2D eigenvalue weighted by atomic mass is 79.9. The van der Waals surface area contributed by atoms with Crippen molar-refractivity contribution in [1.29, 1.82) is 0 Å². The van der Waals surface area contributed by atoms with Crippen LogP contribution < -0.4 is 4.74 Å². The van der Waals surface area contributed by atoms with Crippen LogP contribution in [0, 0.1) is 0 Å². The lowest BCUT2D eigenvalue weighted by Gasteiger charge is -2.09. The molecule has 0 atom stereocenters. The smallest absolute Gasteiger partial charge is 0.138 e. The van der Waals surface area contributed by atoms with Gasteiger partial charge >= 0.3 is 0 Å². The molecule has 0 unspecified atom stereocenters. The van der Waals surface area contributed by atoms with E-state index in [2.05, 4.69) is 34.8 Å². The second-order valence-corrected chi connectivity index (χ2v) is 3.98. The molecule has 0 saturated carbocycles. The van der Waals surface area contributed by atoms with E-state index in [9.17, 15) is 0 Å². The zero-order chi connectivity index (χ0) is 9.84. The number of pyridine rings is 1. The van der Waals surface area contributed by atoms with Gasteiger partial charge in [-0.2, -0.15) is 0 Å². The minimum atomic E-state index is 0.435. The van der Waals surface area contributed by atoms with Crippen LogP contribution in [-0.2, 0) is 0 Å². The lowest BCUT2D eigenvalue weighted by Crippen LogP contribution is -1.97. The number of nitrogens with zero attached hydrogens (tertiary/aromatic N) is 1. The first-order valence-electron chi connectivity index (χ1n) is 4.43. The Balaban J connectivity index is 2.92. The first-order valence-corrected chi connectivity index (χ1v) is 5.22. The Morgan fingerprint density at radius 3 is 2.69 bits per heavy atom. The SMILES string of the molecule is CCOc1cnc(C(C)C)c(Br)c1. The third-order valence-electron chi connectivity index (χ3n) is 1.70. The lowest BCUT2D eigenvalue weighted by atomic mass is 10.1. The molecule has 1 rings (SSSR count). The van der Waals surface area contributed by atoms with Gasteiger partial charge in [-0.05, 0) is 34.8 Å². The van der Waals surface area contributed by atoms with Crippen molar-refractivity contribution in [3.63, 3.8) is 0 Å². The van der Waals surface area contributed by atoms with Crippen LogP contribution >= 0.6 is 15.9 Å². The minimum absolute atomic E-state index is 0.435. The van der Waals surface area contributed by atoms with Crippen molar-refractivity contribution in [2.75, 3.05) is 6.61 Å². The fraction of sp³-hybridized carbons (Fsp3) is 0.500. The molecule has 0 aliphatic rings. The summed E-state index contributed by atoms with van der Waals surface area (Å²) >= 11 is 3.48. The summed E-state index contributed by atoms with van der Waals surface area (Å²) < 4.78 is 6.35. The maximum atomic E-state index is 5.33. The van der Waals surface area contributed by atoms with E-state index in [1.807, 2.05) is 13.0 Å². The predicted molar refractivity (Wildman–Crippen MR) is 57.2 cm³/mol. The average Bonchev–Trinajstić information content (AvgIpc) is 2.04. The molecule has 72 valence electrons. The van der Waals surface area contributed by atoms with Gasteiger partial charge in [0.05, 0.1) is 18.5 Å². The Kier molecular flexibility index (Phi) is 3.72. The Hall–Kier alpha value is -0.570. The van der Waals surface area contributed by atoms with E-state index in [1.54, 1.807) is 6.20 Å². The second kappa shape index (κ2) is 4.61. The molecule has 3 heteroatoms. The predicted octanol–water partition coefficient (Wildman–Crippen LogP) is 3.37. The molecule has 1 aromatic heterocycles. The summed E-state index contributed by atoms with van der Waals surface area (Å²) in [6, 6.07) is 1.96.